The lowest BCUT2D eigenvalue weighted by Crippen LogP contribution is -2.18. The van der Waals surface area contributed by atoms with E-state index in [-0.39, 0.29) is 0 Å². The maximum atomic E-state index is 6.34. The van der Waals surface area contributed by atoms with Crippen molar-refractivity contribution in [3.63, 3.8) is 0 Å². The number of methoxy groups -OCH3 is 2. The summed E-state index contributed by atoms with van der Waals surface area (Å²) in [7, 11) is 3.27. The number of hydrogen-bond donors (Lipinski definition) is 1. The molecule has 4 rings (SSSR count). The molecule has 0 saturated heterocycles. The predicted molar refractivity (Wildman–Crippen MR) is 117 cm³/mol. The van der Waals surface area contributed by atoms with Crippen molar-refractivity contribution in [1.29, 1.82) is 0 Å². The summed E-state index contributed by atoms with van der Waals surface area (Å²) in [5.74, 6) is 2.79. The van der Waals surface area contributed by atoms with Gasteiger partial charge in [0.25, 0.3) is 0 Å². The molecule has 156 valence electrons. The van der Waals surface area contributed by atoms with Crippen LogP contribution in [-0.2, 0) is 0 Å². The molecule has 0 saturated carbocycles. The Balaban J connectivity index is 1.78. The molecule has 1 N–H and O–H groups in total. The Morgan fingerprint density at radius 2 is 1.97 bits per heavy atom. The second-order valence-electron chi connectivity index (χ2n) is 6.75. The van der Waals surface area contributed by atoms with Crippen LogP contribution in [-0.4, -0.2) is 35.2 Å². The quantitative estimate of drug-likeness (QED) is 0.422. The first-order chi connectivity index (χ1) is 14.7. The van der Waals surface area contributed by atoms with E-state index in [0.717, 1.165) is 35.4 Å². The number of hydrogen-bond acceptors (Lipinski definition) is 8. The lowest BCUT2D eigenvalue weighted by molar-refractivity contribution is 0.219. The topological polar surface area (TPSA) is 78.4 Å². The SMILES string of the molecule is CCCCSc1nnc2c(n1)OC(c1cc(OC)ccc1OC)Nc1ccccc1-2. The Morgan fingerprint density at radius 3 is 2.77 bits per heavy atom. The maximum absolute atomic E-state index is 6.34. The zero-order valence-corrected chi connectivity index (χ0v) is 18.0. The van der Waals surface area contributed by atoms with Gasteiger partial charge in [0.15, 0.2) is 5.69 Å². The summed E-state index contributed by atoms with van der Waals surface area (Å²) < 4.78 is 17.3. The average Bonchev–Trinajstić information content (AvgIpc) is 2.95. The van der Waals surface area contributed by atoms with Crippen LogP contribution in [0.15, 0.2) is 47.6 Å². The molecule has 2 heterocycles. The van der Waals surface area contributed by atoms with Crippen molar-refractivity contribution in [2.75, 3.05) is 25.3 Å². The molecule has 0 aliphatic carbocycles. The minimum absolute atomic E-state index is 0.441. The van der Waals surface area contributed by atoms with E-state index in [4.69, 9.17) is 14.2 Å². The lowest BCUT2D eigenvalue weighted by atomic mass is 10.1. The highest BCUT2D eigenvalue weighted by Gasteiger charge is 2.28. The first-order valence-electron chi connectivity index (χ1n) is 9.85. The summed E-state index contributed by atoms with van der Waals surface area (Å²) in [5, 5.41) is 12.8. The standard InChI is InChI=1S/C22H24N4O3S/c1-4-5-12-30-22-24-21-19(25-26-22)15-8-6-7-9-17(15)23-20(29-21)16-13-14(27-2)10-11-18(16)28-3/h6-11,13,20,23H,4-5,12H2,1-3H3. The molecule has 30 heavy (non-hydrogen) atoms. The number of thioether (sulfide) groups is 1. The van der Waals surface area contributed by atoms with Gasteiger partial charge in [-0.05, 0) is 30.7 Å². The van der Waals surface area contributed by atoms with Gasteiger partial charge in [-0.25, -0.2) is 0 Å². The third-order valence-electron chi connectivity index (χ3n) is 4.78. The Kier molecular flexibility index (Phi) is 6.23. The van der Waals surface area contributed by atoms with Crippen LogP contribution >= 0.6 is 11.8 Å². The van der Waals surface area contributed by atoms with E-state index < -0.39 is 6.23 Å². The molecule has 0 fully saturated rings. The number of nitrogens with one attached hydrogen (secondary N) is 1. The second-order valence-corrected chi connectivity index (χ2v) is 7.81. The van der Waals surface area contributed by atoms with Gasteiger partial charge in [-0.15, -0.1) is 10.2 Å². The summed E-state index contributed by atoms with van der Waals surface area (Å²) >= 11 is 1.59. The summed E-state index contributed by atoms with van der Waals surface area (Å²) in [6.45, 7) is 2.16. The molecule has 1 unspecified atom stereocenters. The fraction of sp³-hybridized carbons (Fsp3) is 0.318. The molecule has 0 radical (unpaired) electrons. The van der Waals surface area contributed by atoms with Gasteiger partial charge in [-0.2, -0.15) is 4.98 Å². The van der Waals surface area contributed by atoms with Crippen molar-refractivity contribution in [3.8, 4) is 28.6 Å². The van der Waals surface area contributed by atoms with Gasteiger partial charge in [0, 0.05) is 17.0 Å². The predicted octanol–water partition coefficient (Wildman–Crippen LogP) is 4.95. The van der Waals surface area contributed by atoms with Crippen LogP contribution in [0.3, 0.4) is 0 Å². The van der Waals surface area contributed by atoms with E-state index in [2.05, 4.69) is 27.4 Å². The molecule has 3 aromatic rings. The summed E-state index contributed by atoms with van der Waals surface area (Å²) in [6, 6.07) is 13.5. The molecular weight excluding hydrogens is 400 g/mol. The minimum Gasteiger partial charge on any atom is -0.497 e. The Bertz CT molecular complexity index is 1030. The largest absolute Gasteiger partial charge is 0.497 e. The fourth-order valence-corrected chi connectivity index (χ4v) is 4.06. The molecule has 2 aromatic carbocycles. The third-order valence-corrected chi connectivity index (χ3v) is 5.71. The van der Waals surface area contributed by atoms with Crippen LogP contribution in [0.25, 0.3) is 11.3 Å². The number of aromatic nitrogens is 3. The Morgan fingerprint density at radius 1 is 1.10 bits per heavy atom. The van der Waals surface area contributed by atoms with Gasteiger partial charge in [0.2, 0.25) is 17.3 Å². The molecule has 0 amide bonds. The van der Waals surface area contributed by atoms with Gasteiger partial charge in [0.1, 0.15) is 11.5 Å². The second kappa shape index (κ2) is 9.21. The van der Waals surface area contributed by atoms with E-state index >= 15 is 0 Å². The molecule has 7 nitrogen and oxygen atoms in total. The van der Waals surface area contributed by atoms with Gasteiger partial charge >= 0.3 is 0 Å². The number of benzene rings is 2. The van der Waals surface area contributed by atoms with Crippen molar-refractivity contribution >= 4 is 17.4 Å². The molecular formula is C22H24N4O3S. The van der Waals surface area contributed by atoms with Crippen molar-refractivity contribution in [1.82, 2.24) is 15.2 Å². The van der Waals surface area contributed by atoms with E-state index in [1.54, 1.807) is 26.0 Å². The number of rotatable bonds is 7. The molecule has 0 bridgehead atoms. The smallest absolute Gasteiger partial charge is 0.247 e. The normalized spacial score (nSPS) is 14.6. The van der Waals surface area contributed by atoms with Crippen molar-refractivity contribution in [2.45, 2.75) is 31.1 Å². The highest BCUT2D eigenvalue weighted by atomic mass is 32.2. The van der Waals surface area contributed by atoms with E-state index in [0.29, 0.717) is 28.2 Å². The maximum Gasteiger partial charge on any atom is 0.247 e. The summed E-state index contributed by atoms with van der Waals surface area (Å²) in [6.07, 6.45) is 1.68. The van der Waals surface area contributed by atoms with Crippen molar-refractivity contribution in [2.24, 2.45) is 0 Å². The fourth-order valence-electron chi connectivity index (χ4n) is 3.20. The van der Waals surface area contributed by atoms with Crippen LogP contribution in [0, 0.1) is 0 Å². The average molecular weight is 425 g/mol. The monoisotopic (exact) mass is 424 g/mol. The summed E-state index contributed by atoms with van der Waals surface area (Å²) in [5.41, 5.74) is 3.19. The number of para-hydroxylation sites is 1. The van der Waals surface area contributed by atoms with Gasteiger partial charge in [-0.3, -0.25) is 0 Å². The van der Waals surface area contributed by atoms with Gasteiger partial charge in [-0.1, -0.05) is 43.3 Å². The van der Waals surface area contributed by atoms with Crippen molar-refractivity contribution < 1.29 is 14.2 Å². The van der Waals surface area contributed by atoms with E-state index in [1.165, 1.54) is 0 Å². The van der Waals surface area contributed by atoms with Crippen LogP contribution in [0.2, 0.25) is 0 Å². The third kappa shape index (κ3) is 4.14. The highest BCUT2D eigenvalue weighted by Crippen LogP contribution is 2.41. The van der Waals surface area contributed by atoms with Crippen LogP contribution in [0.4, 0.5) is 5.69 Å². The van der Waals surface area contributed by atoms with E-state index in [1.807, 2.05) is 42.5 Å². The Hall–Kier alpha value is -3.00. The zero-order chi connectivity index (χ0) is 20.9. The van der Waals surface area contributed by atoms with Crippen LogP contribution in [0.5, 0.6) is 17.4 Å². The van der Waals surface area contributed by atoms with Gasteiger partial charge in [0.05, 0.1) is 19.8 Å². The molecule has 1 atom stereocenters. The highest BCUT2D eigenvalue weighted by molar-refractivity contribution is 7.99. The van der Waals surface area contributed by atoms with Crippen LogP contribution in [0.1, 0.15) is 31.6 Å². The number of unbranched alkanes of at least 4 members (excludes halogenated alkanes) is 1. The number of ether oxygens (including phenoxy) is 3. The molecule has 0 spiro atoms. The molecule has 1 aliphatic heterocycles. The zero-order valence-electron chi connectivity index (χ0n) is 17.2. The first kappa shape index (κ1) is 20.3. The minimum atomic E-state index is -0.539. The van der Waals surface area contributed by atoms with E-state index in [9.17, 15) is 0 Å². The summed E-state index contributed by atoms with van der Waals surface area (Å²) in [4.78, 5) is 4.67. The Labute approximate surface area is 180 Å². The lowest BCUT2D eigenvalue weighted by Gasteiger charge is -2.21. The molecule has 1 aliphatic rings. The number of nitrogens with zero attached hydrogens (tertiary/aromatic N) is 3. The van der Waals surface area contributed by atoms with Gasteiger partial charge < -0.3 is 19.5 Å². The number of fused-ring (bicyclic) bond motifs is 3. The number of anilines is 1. The molecule has 1 aromatic heterocycles. The van der Waals surface area contributed by atoms with Crippen LogP contribution < -0.4 is 19.5 Å². The van der Waals surface area contributed by atoms with Crippen molar-refractivity contribution in [3.05, 3.63) is 48.0 Å². The molecule has 8 heteroatoms. The first-order valence-corrected chi connectivity index (χ1v) is 10.8.